The number of morpholine rings is 1. The predicted molar refractivity (Wildman–Crippen MR) is 180 cm³/mol. The van der Waals surface area contributed by atoms with Crippen LogP contribution in [0.1, 0.15) is 52.9 Å². The van der Waals surface area contributed by atoms with Gasteiger partial charge in [0.1, 0.15) is 0 Å². The molecule has 1 aromatic heterocycles. The lowest BCUT2D eigenvalue weighted by Crippen LogP contribution is -2.48. The third kappa shape index (κ3) is 8.51. The Balaban J connectivity index is 1.50. The van der Waals surface area contributed by atoms with Crippen LogP contribution in [0.15, 0.2) is 72.8 Å². The third-order valence-electron chi connectivity index (χ3n) is 9.33. The van der Waals surface area contributed by atoms with Gasteiger partial charge >= 0.3 is 12.4 Å². The molecule has 4 aromatic rings. The van der Waals surface area contributed by atoms with Crippen LogP contribution in [-0.4, -0.2) is 78.2 Å². The summed E-state index contributed by atoms with van der Waals surface area (Å²) in [5, 5.41) is 4.96. The fourth-order valence-corrected chi connectivity index (χ4v) is 6.89. The summed E-state index contributed by atoms with van der Waals surface area (Å²) < 4.78 is 91.0. The third-order valence-corrected chi connectivity index (χ3v) is 9.33. The molecular formula is C37H37F6N5O3. The van der Waals surface area contributed by atoms with Crippen LogP contribution in [0.2, 0.25) is 0 Å². The van der Waals surface area contributed by atoms with Gasteiger partial charge in [0.25, 0.3) is 5.91 Å². The highest BCUT2D eigenvalue weighted by Gasteiger charge is 2.43. The summed E-state index contributed by atoms with van der Waals surface area (Å²) in [6, 6.07) is 13.8. The maximum Gasteiger partial charge on any atom is 0.416 e. The molecule has 2 saturated heterocycles. The average molecular weight is 714 g/mol. The second-order valence-corrected chi connectivity index (χ2v) is 12.8. The molecule has 0 spiro atoms. The Labute approximate surface area is 290 Å². The molecule has 3 heterocycles. The number of piperidine rings is 1. The number of rotatable bonds is 8. The number of nitrogens with one attached hydrogen (secondary N) is 2. The number of hydrogen-bond donors (Lipinski definition) is 2. The zero-order valence-corrected chi connectivity index (χ0v) is 27.8. The second kappa shape index (κ2) is 15.0. The lowest BCUT2D eigenvalue weighted by atomic mass is 9.93. The standard InChI is InChI=1S/C37H37F6N5O3/c1-23(49)44-27-10-11-31-29(21-27)32(35(50)46-34(37(41,42)43)24-6-3-2-4-7-24)30(33(45-31)25-8-5-9-26(20-25)36(38,39)40)22-47-14-12-28(13-15-47)48-16-18-51-19-17-48/h2-11,20-21,28,34H,12-19,22H2,1H3,(H,44,49)(H,46,50). The van der Waals surface area contributed by atoms with Crippen molar-refractivity contribution < 1.29 is 40.7 Å². The second-order valence-electron chi connectivity index (χ2n) is 12.8. The number of carbonyl (C=O) groups is 2. The first-order valence-corrected chi connectivity index (χ1v) is 16.7. The van der Waals surface area contributed by atoms with Crippen LogP contribution >= 0.6 is 0 Å². The van der Waals surface area contributed by atoms with Crippen molar-refractivity contribution in [2.75, 3.05) is 44.7 Å². The molecular weight excluding hydrogens is 676 g/mol. The number of carbonyl (C=O) groups excluding carboxylic acids is 2. The summed E-state index contributed by atoms with van der Waals surface area (Å²) in [5.74, 6) is -1.50. The molecule has 1 unspecified atom stereocenters. The van der Waals surface area contributed by atoms with Gasteiger partial charge in [-0.1, -0.05) is 42.5 Å². The van der Waals surface area contributed by atoms with Gasteiger partial charge in [-0.05, 0) is 61.8 Å². The molecule has 8 nitrogen and oxygen atoms in total. The fraction of sp³-hybridized carbons (Fsp3) is 0.378. The number of amides is 2. The van der Waals surface area contributed by atoms with Crippen molar-refractivity contribution in [3.8, 4) is 11.3 Å². The van der Waals surface area contributed by atoms with E-state index in [1.54, 1.807) is 6.07 Å². The van der Waals surface area contributed by atoms with Crippen molar-refractivity contribution in [3.63, 3.8) is 0 Å². The van der Waals surface area contributed by atoms with Crippen LogP contribution < -0.4 is 10.6 Å². The van der Waals surface area contributed by atoms with Crippen LogP contribution in [0.25, 0.3) is 22.2 Å². The topological polar surface area (TPSA) is 86.8 Å². The van der Waals surface area contributed by atoms with Crippen molar-refractivity contribution in [3.05, 3.63) is 95.1 Å². The van der Waals surface area contributed by atoms with Gasteiger partial charge < -0.3 is 15.4 Å². The molecule has 3 aromatic carbocycles. The smallest absolute Gasteiger partial charge is 0.379 e. The minimum absolute atomic E-state index is 0.0273. The van der Waals surface area contributed by atoms with Crippen molar-refractivity contribution in [1.82, 2.24) is 20.1 Å². The zero-order chi connectivity index (χ0) is 36.3. The number of pyridine rings is 1. The van der Waals surface area contributed by atoms with Crippen LogP contribution in [0.5, 0.6) is 0 Å². The van der Waals surface area contributed by atoms with Crippen LogP contribution in [-0.2, 0) is 22.3 Å². The lowest BCUT2D eigenvalue weighted by Gasteiger charge is -2.40. The van der Waals surface area contributed by atoms with Crippen molar-refractivity contribution >= 4 is 28.4 Å². The summed E-state index contributed by atoms with van der Waals surface area (Å²) in [7, 11) is 0. The summed E-state index contributed by atoms with van der Waals surface area (Å²) in [5.41, 5.74) is -0.596. The van der Waals surface area contributed by atoms with E-state index in [0.717, 1.165) is 38.1 Å². The molecule has 51 heavy (non-hydrogen) atoms. The summed E-state index contributed by atoms with van der Waals surface area (Å²) in [4.78, 5) is 35.5. The molecule has 0 radical (unpaired) electrons. The predicted octanol–water partition coefficient (Wildman–Crippen LogP) is 7.21. The van der Waals surface area contributed by atoms with Crippen molar-refractivity contribution in [2.24, 2.45) is 0 Å². The average Bonchev–Trinajstić information content (AvgIpc) is 3.10. The maximum atomic E-state index is 14.6. The van der Waals surface area contributed by atoms with E-state index in [1.165, 1.54) is 61.5 Å². The molecule has 2 aliphatic rings. The van der Waals surface area contributed by atoms with Crippen molar-refractivity contribution in [1.29, 1.82) is 0 Å². The zero-order valence-electron chi connectivity index (χ0n) is 27.8. The first-order valence-electron chi connectivity index (χ1n) is 16.7. The number of likely N-dealkylation sites (tertiary alicyclic amines) is 1. The van der Waals surface area contributed by atoms with E-state index in [9.17, 15) is 35.9 Å². The maximum absolute atomic E-state index is 14.6. The molecule has 0 aliphatic carbocycles. The van der Waals surface area contributed by atoms with Crippen LogP contribution in [0, 0.1) is 0 Å². The van der Waals surface area contributed by atoms with Gasteiger partial charge in [-0.25, -0.2) is 4.98 Å². The Morgan fingerprint density at radius 1 is 0.902 bits per heavy atom. The highest BCUT2D eigenvalue weighted by Crippen LogP contribution is 2.38. The number of hydrogen-bond acceptors (Lipinski definition) is 6. The molecule has 270 valence electrons. The van der Waals surface area contributed by atoms with E-state index in [-0.39, 0.29) is 51.1 Å². The number of fused-ring (bicyclic) bond motifs is 1. The van der Waals surface area contributed by atoms with Crippen LogP contribution in [0.3, 0.4) is 0 Å². The summed E-state index contributed by atoms with van der Waals surface area (Å²) >= 11 is 0. The highest BCUT2D eigenvalue weighted by molar-refractivity contribution is 6.10. The van der Waals surface area contributed by atoms with Gasteiger partial charge in [-0.2, -0.15) is 26.3 Å². The monoisotopic (exact) mass is 713 g/mol. The van der Waals surface area contributed by atoms with Gasteiger partial charge in [0.2, 0.25) is 5.91 Å². The number of alkyl halides is 6. The Morgan fingerprint density at radius 3 is 2.25 bits per heavy atom. The van der Waals surface area contributed by atoms with E-state index >= 15 is 0 Å². The number of benzene rings is 3. The van der Waals surface area contributed by atoms with Gasteiger partial charge in [-0.3, -0.25) is 19.4 Å². The lowest BCUT2D eigenvalue weighted by molar-refractivity contribution is -0.155. The first kappa shape index (κ1) is 36.3. The molecule has 14 heteroatoms. The normalized spacial score (nSPS) is 17.3. The SMILES string of the molecule is CC(=O)Nc1ccc2nc(-c3cccc(C(F)(F)F)c3)c(CN3CCC(N4CCOCC4)CC3)c(C(=O)NC(c3ccccc3)C(F)(F)F)c2c1. The Kier molecular flexibility index (Phi) is 10.7. The highest BCUT2D eigenvalue weighted by atomic mass is 19.4. The number of nitrogens with zero attached hydrogens (tertiary/aromatic N) is 3. The molecule has 2 aliphatic heterocycles. The minimum Gasteiger partial charge on any atom is -0.379 e. The molecule has 2 amide bonds. The van der Waals surface area contributed by atoms with Gasteiger partial charge in [-0.15, -0.1) is 0 Å². The molecule has 0 saturated carbocycles. The quantitative estimate of drug-likeness (QED) is 0.188. The Bertz CT molecular complexity index is 1870. The van der Waals surface area contributed by atoms with Crippen molar-refractivity contribution in [2.45, 2.75) is 50.7 Å². The summed E-state index contributed by atoms with van der Waals surface area (Å²) in [6.07, 6.45) is -8.01. The van der Waals surface area contributed by atoms with E-state index in [2.05, 4.69) is 15.5 Å². The van der Waals surface area contributed by atoms with E-state index in [4.69, 9.17) is 9.72 Å². The molecule has 1 atom stereocenters. The van der Waals surface area contributed by atoms with E-state index in [0.29, 0.717) is 32.3 Å². The first-order chi connectivity index (χ1) is 24.3. The molecule has 6 rings (SSSR count). The molecule has 2 N–H and O–H groups in total. The number of ether oxygens (including phenoxy) is 1. The Morgan fingerprint density at radius 2 is 1.61 bits per heavy atom. The van der Waals surface area contributed by atoms with E-state index < -0.39 is 35.8 Å². The minimum atomic E-state index is -4.88. The van der Waals surface area contributed by atoms with E-state index in [1.807, 2.05) is 4.90 Å². The number of aromatic nitrogens is 1. The molecule has 2 fully saturated rings. The van der Waals surface area contributed by atoms with Crippen LogP contribution in [0.4, 0.5) is 32.0 Å². The fourth-order valence-electron chi connectivity index (χ4n) is 6.89. The van der Waals surface area contributed by atoms with Gasteiger partial charge in [0.15, 0.2) is 6.04 Å². The number of halogens is 6. The molecule has 0 bridgehead atoms. The largest absolute Gasteiger partial charge is 0.416 e. The van der Waals surface area contributed by atoms with Gasteiger partial charge in [0.05, 0.1) is 35.6 Å². The Hall–Kier alpha value is -4.53. The summed E-state index contributed by atoms with van der Waals surface area (Å²) in [6.45, 7) is 5.36. The number of anilines is 1. The van der Waals surface area contributed by atoms with Gasteiger partial charge in [0, 0.05) is 54.8 Å².